The van der Waals surface area contributed by atoms with Crippen LogP contribution in [0.3, 0.4) is 0 Å². The van der Waals surface area contributed by atoms with E-state index in [1.807, 2.05) is 42.1 Å². The van der Waals surface area contributed by atoms with Crippen LogP contribution in [0.2, 0.25) is 10.0 Å². The average molecular weight is 334 g/mol. The Morgan fingerprint density at radius 3 is 2.55 bits per heavy atom. The minimum Gasteiger partial charge on any atom is -0.381 e. The minimum atomic E-state index is 0.673. The van der Waals surface area contributed by atoms with E-state index >= 15 is 0 Å². The summed E-state index contributed by atoms with van der Waals surface area (Å²) in [6, 6.07) is 11.8. The van der Waals surface area contributed by atoms with E-state index in [0.29, 0.717) is 5.02 Å². The zero-order valence-electron chi connectivity index (χ0n) is 12.5. The Hall–Kier alpha value is -1.71. The standard InChI is InChI=1S/C17H17Cl2N3/c1-3-16-14-8-13(9-15(19)17(14)21-22(16)2)20-10-11-4-6-12(18)7-5-11/h4-9,20H,3,10H2,1-2H3. The van der Waals surface area contributed by atoms with Gasteiger partial charge in [-0.1, -0.05) is 42.3 Å². The van der Waals surface area contributed by atoms with Gasteiger partial charge in [0, 0.05) is 35.4 Å². The molecule has 3 nitrogen and oxygen atoms in total. The summed E-state index contributed by atoms with van der Waals surface area (Å²) >= 11 is 12.3. The van der Waals surface area contributed by atoms with Crippen LogP contribution in [0.5, 0.6) is 0 Å². The van der Waals surface area contributed by atoms with Crippen molar-refractivity contribution in [3.63, 3.8) is 0 Å². The second-order valence-corrected chi connectivity index (χ2v) is 6.10. The van der Waals surface area contributed by atoms with Crippen LogP contribution >= 0.6 is 23.2 Å². The van der Waals surface area contributed by atoms with Gasteiger partial charge >= 0.3 is 0 Å². The molecule has 0 aliphatic heterocycles. The SMILES string of the molecule is CCc1c2cc(NCc3ccc(Cl)cc3)cc(Cl)c2nn1C. The second-order valence-electron chi connectivity index (χ2n) is 5.26. The van der Waals surface area contributed by atoms with Gasteiger partial charge in [0.1, 0.15) is 5.52 Å². The molecule has 1 N–H and O–H groups in total. The summed E-state index contributed by atoms with van der Waals surface area (Å²) in [4.78, 5) is 0. The molecule has 0 fully saturated rings. The molecular weight excluding hydrogens is 317 g/mol. The fraction of sp³-hybridized carbons (Fsp3) is 0.235. The molecule has 0 atom stereocenters. The molecule has 1 aromatic heterocycles. The number of aromatic nitrogens is 2. The Morgan fingerprint density at radius 1 is 1.14 bits per heavy atom. The second kappa shape index (κ2) is 6.19. The normalized spacial score (nSPS) is 11.1. The third kappa shape index (κ3) is 2.92. The molecule has 22 heavy (non-hydrogen) atoms. The van der Waals surface area contributed by atoms with Crippen LogP contribution in [0.15, 0.2) is 36.4 Å². The first kappa shape index (κ1) is 15.2. The lowest BCUT2D eigenvalue weighted by molar-refractivity contribution is 0.728. The Morgan fingerprint density at radius 2 is 1.86 bits per heavy atom. The first-order valence-electron chi connectivity index (χ1n) is 7.22. The molecule has 0 saturated heterocycles. The molecule has 114 valence electrons. The van der Waals surface area contributed by atoms with Gasteiger partial charge in [0.25, 0.3) is 0 Å². The maximum atomic E-state index is 6.37. The number of nitrogens with one attached hydrogen (secondary N) is 1. The number of benzene rings is 2. The quantitative estimate of drug-likeness (QED) is 0.723. The van der Waals surface area contributed by atoms with Crippen LogP contribution in [0.4, 0.5) is 5.69 Å². The highest BCUT2D eigenvalue weighted by Gasteiger charge is 2.11. The van der Waals surface area contributed by atoms with Gasteiger partial charge in [0.2, 0.25) is 0 Å². The molecule has 0 aliphatic rings. The van der Waals surface area contributed by atoms with Crippen molar-refractivity contribution in [2.45, 2.75) is 19.9 Å². The van der Waals surface area contributed by atoms with E-state index < -0.39 is 0 Å². The first-order valence-corrected chi connectivity index (χ1v) is 7.97. The van der Waals surface area contributed by atoms with E-state index in [1.165, 1.54) is 11.3 Å². The smallest absolute Gasteiger partial charge is 0.111 e. The van der Waals surface area contributed by atoms with E-state index in [1.54, 1.807) is 0 Å². The molecule has 2 aromatic carbocycles. The van der Waals surface area contributed by atoms with Crippen LogP contribution in [0.25, 0.3) is 10.9 Å². The molecule has 0 saturated carbocycles. The Kier molecular flexibility index (Phi) is 4.27. The molecule has 3 aromatic rings. The molecule has 0 spiro atoms. The largest absolute Gasteiger partial charge is 0.381 e. The predicted octanol–water partition coefficient (Wildman–Crippen LogP) is 5.05. The zero-order chi connectivity index (χ0) is 15.7. The fourth-order valence-electron chi connectivity index (χ4n) is 2.63. The lowest BCUT2D eigenvalue weighted by Crippen LogP contribution is -1.99. The van der Waals surface area contributed by atoms with Gasteiger partial charge in [-0.05, 0) is 36.2 Å². The third-order valence-corrected chi connectivity index (χ3v) is 4.30. The van der Waals surface area contributed by atoms with E-state index in [2.05, 4.69) is 23.4 Å². The zero-order valence-corrected chi connectivity index (χ0v) is 14.0. The maximum absolute atomic E-state index is 6.37. The average Bonchev–Trinajstić information content (AvgIpc) is 2.83. The Labute approximate surface area is 139 Å². The van der Waals surface area contributed by atoms with E-state index in [0.717, 1.165) is 34.6 Å². The number of fused-ring (bicyclic) bond motifs is 1. The maximum Gasteiger partial charge on any atom is 0.111 e. The first-order chi connectivity index (χ1) is 10.6. The van der Waals surface area contributed by atoms with Crippen LogP contribution in [-0.2, 0) is 20.0 Å². The number of anilines is 1. The fourth-order valence-corrected chi connectivity index (χ4v) is 3.02. The molecule has 0 unspecified atom stereocenters. The summed E-state index contributed by atoms with van der Waals surface area (Å²) in [5.74, 6) is 0. The van der Waals surface area contributed by atoms with E-state index in [9.17, 15) is 0 Å². The number of aryl methyl sites for hydroxylation is 2. The summed E-state index contributed by atoms with van der Waals surface area (Å²) in [7, 11) is 1.95. The van der Waals surface area contributed by atoms with Crippen LogP contribution in [0, 0.1) is 0 Å². The van der Waals surface area contributed by atoms with Gasteiger partial charge in [-0.3, -0.25) is 4.68 Å². The summed E-state index contributed by atoms with van der Waals surface area (Å²) < 4.78 is 1.90. The van der Waals surface area contributed by atoms with Gasteiger partial charge in [-0.15, -0.1) is 0 Å². The highest BCUT2D eigenvalue weighted by atomic mass is 35.5. The van der Waals surface area contributed by atoms with Gasteiger partial charge in [0.15, 0.2) is 0 Å². The lowest BCUT2D eigenvalue weighted by Gasteiger charge is -2.08. The molecule has 0 aliphatic carbocycles. The van der Waals surface area contributed by atoms with Crippen molar-refractivity contribution in [2.75, 3.05) is 5.32 Å². The topological polar surface area (TPSA) is 29.9 Å². The lowest BCUT2D eigenvalue weighted by atomic mass is 10.1. The van der Waals surface area contributed by atoms with Gasteiger partial charge in [0.05, 0.1) is 5.02 Å². The van der Waals surface area contributed by atoms with Crippen molar-refractivity contribution < 1.29 is 0 Å². The molecule has 0 radical (unpaired) electrons. The molecule has 5 heteroatoms. The van der Waals surface area contributed by atoms with E-state index in [4.69, 9.17) is 23.2 Å². The number of rotatable bonds is 4. The summed E-state index contributed by atoms with van der Waals surface area (Å²) in [6.07, 6.45) is 0.921. The monoisotopic (exact) mass is 333 g/mol. The van der Waals surface area contributed by atoms with Crippen molar-refractivity contribution >= 4 is 39.8 Å². The molecular formula is C17H17Cl2N3. The van der Waals surface area contributed by atoms with Crippen LogP contribution in [-0.4, -0.2) is 9.78 Å². The van der Waals surface area contributed by atoms with Crippen molar-refractivity contribution in [1.82, 2.24) is 9.78 Å². The highest BCUT2D eigenvalue weighted by Crippen LogP contribution is 2.30. The minimum absolute atomic E-state index is 0.673. The molecule has 1 heterocycles. The number of hydrogen-bond acceptors (Lipinski definition) is 2. The number of nitrogens with zero attached hydrogens (tertiary/aromatic N) is 2. The number of halogens is 2. The molecule has 0 amide bonds. The van der Waals surface area contributed by atoms with Crippen molar-refractivity contribution in [1.29, 1.82) is 0 Å². The van der Waals surface area contributed by atoms with Crippen molar-refractivity contribution in [3.05, 3.63) is 57.7 Å². The predicted molar refractivity (Wildman–Crippen MR) is 93.9 cm³/mol. The molecule has 0 bridgehead atoms. The van der Waals surface area contributed by atoms with Gasteiger partial charge in [-0.25, -0.2) is 0 Å². The third-order valence-electron chi connectivity index (χ3n) is 3.76. The van der Waals surface area contributed by atoms with Crippen LogP contribution in [0.1, 0.15) is 18.2 Å². The van der Waals surface area contributed by atoms with Crippen LogP contribution < -0.4 is 5.32 Å². The Bertz CT molecular complexity index is 807. The highest BCUT2D eigenvalue weighted by molar-refractivity contribution is 6.35. The summed E-state index contributed by atoms with van der Waals surface area (Å²) in [5, 5.41) is 10.4. The van der Waals surface area contributed by atoms with Gasteiger partial charge in [-0.2, -0.15) is 5.10 Å². The van der Waals surface area contributed by atoms with Crippen molar-refractivity contribution in [2.24, 2.45) is 7.05 Å². The van der Waals surface area contributed by atoms with E-state index in [-0.39, 0.29) is 0 Å². The number of hydrogen-bond donors (Lipinski definition) is 1. The molecule has 3 rings (SSSR count). The summed E-state index contributed by atoms with van der Waals surface area (Å²) in [6.45, 7) is 2.85. The van der Waals surface area contributed by atoms with Crippen molar-refractivity contribution in [3.8, 4) is 0 Å². The Balaban J connectivity index is 1.89. The van der Waals surface area contributed by atoms with Gasteiger partial charge < -0.3 is 5.32 Å². The summed E-state index contributed by atoms with van der Waals surface area (Å²) in [5.41, 5.74) is 4.21.